The van der Waals surface area contributed by atoms with E-state index in [2.05, 4.69) is 15.0 Å². The number of hydrogen-bond acceptors (Lipinski definition) is 7. The number of carbonyl (C=O) groups excluding carboxylic acids is 4. The number of H-pyrrole nitrogens is 2. The average molecular weight is 471 g/mol. The van der Waals surface area contributed by atoms with Gasteiger partial charge in [-0.1, -0.05) is 0 Å². The first-order valence-corrected chi connectivity index (χ1v) is 9.71. The number of hydrogen-bond donors (Lipinski definition) is 2. The van der Waals surface area contributed by atoms with Crippen LogP contribution in [0.1, 0.15) is 35.9 Å². The number of pyridine rings is 2. The number of ether oxygens (including phenoxy) is 1. The summed E-state index contributed by atoms with van der Waals surface area (Å²) in [6.07, 6.45) is 5.96. The zero-order valence-electron chi connectivity index (χ0n) is 19.9. The molecule has 4 aromatic heterocycles. The number of fused-ring (bicyclic) bond motifs is 2. The fraction of sp³-hybridized carbons (Fsp3) is 0.217. The van der Waals surface area contributed by atoms with Crippen LogP contribution in [0.25, 0.3) is 22.1 Å². The Morgan fingerprint density at radius 3 is 2.26 bits per heavy atom. The van der Waals surface area contributed by atoms with Gasteiger partial charge in [0, 0.05) is 57.8 Å². The first kappa shape index (κ1) is 24.2. The summed E-state index contributed by atoms with van der Waals surface area (Å²) in [4.78, 5) is 66.1. The van der Waals surface area contributed by atoms with Gasteiger partial charge in [-0.05, 0) is 0 Å². The van der Waals surface area contributed by atoms with Crippen molar-refractivity contribution in [2.45, 2.75) is 13.8 Å². The summed E-state index contributed by atoms with van der Waals surface area (Å²) >= 11 is 0. The third-order valence-corrected chi connectivity index (χ3v) is 4.76. The van der Waals surface area contributed by atoms with Gasteiger partial charge in [0.1, 0.15) is 22.3 Å². The molecule has 0 aromatic carbocycles. The van der Waals surface area contributed by atoms with Crippen molar-refractivity contribution < 1.29 is 29.7 Å². The van der Waals surface area contributed by atoms with Gasteiger partial charge in [-0.2, -0.15) is 0 Å². The monoisotopic (exact) mass is 471 g/mol. The number of nitrogens with one attached hydrogen (secondary N) is 2. The minimum Gasteiger partial charge on any atom is -0.494 e. The topological polar surface area (TPSA) is 144 Å². The first-order valence-electron chi connectivity index (χ1n) is 10.4. The number of halogens is 1. The van der Waals surface area contributed by atoms with Gasteiger partial charge in [0.15, 0.2) is 11.6 Å². The van der Waals surface area contributed by atoms with E-state index in [9.17, 15) is 28.4 Å². The maximum Gasteiger partial charge on any atom is 0.231 e. The summed E-state index contributed by atoms with van der Waals surface area (Å²) in [5.74, 6) is -1.57. The first-order chi connectivity index (χ1) is 16.6. The Hall–Kier alpha value is -4.41. The lowest BCUT2D eigenvalue weighted by molar-refractivity contribution is -0.113. The Morgan fingerprint density at radius 1 is 1.06 bits per heavy atom. The highest BCUT2D eigenvalue weighted by Crippen LogP contribution is 2.27. The summed E-state index contributed by atoms with van der Waals surface area (Å²) in [6.45, 7) is 2.45. The van der Waals surface area contributed by atoms with Crippen molar-refractivity contribution in [1.82, 2.24) is 19.5 Å². The van der Waals surface area contributed by atoms with E-state index in [4.69, 9.17) is 6.11 Å². The molecule has 0 saturated heterocycles. The Morgan fingerprint density at radius 2 is 1.68 bits per heavy atom. The molecule has 34 heavy (non-hydrogen) atoms. The number of Topliss-reactive ketones (excluding diaryl/α,β-unsaturated/α-hetero) is 4. The quantitative estimate of drug-likeness (QED) is 0.336. The second-order valence-corrected chi connectivity index (χ2v) is 6.93. The predicted molar refractivity (Wildman–Crippen MR) is 123 cm³/mol. The van der Waals surface area contributed by atoms with Crippen LogP contribution < -0.4 is 10.2 Å². The van der Waals surface area contributed by atoms with Gasteiger partial charge >= 0.3 is 0 Å². The fourth-order valence-electron chi connectivity index (χ4n) is 3.23. The van der Waals surface area contributed by atoms with E-state index in [-0.39, 0.29) is 11.0 Å². The highest BCUT2D eigenvalue weighted by atomic mass is 19.1. The summed E-state index contributed by atoms with van der Waals surface area (Å²) in [6, 6.07) is 3.06. The molecular formula is C23H23FN4O6. The highest BCUT2D eigenvalue weighted by molar-refractivity contribution is 6.45. The van der Waals surface area contributed by atoms with E-state index in [1.165, 1.54) is 32.3 Å². The highest BCUT2D eigenvalue weighted by Gasteiger charge is 2.20. The number of ketones is 4. The average Bonchev–Trinajstić information content (AvgIpc) is 3.41. The second-order valence-electron chi connectivity index (χ2n) is 6.93. The Kier molecular flexibility index (Phi) is 7.80. The van der Waals surface area contributed by atoms with Crippen LogP contribution in [0, 0.1) is 0 Å². The van der Waals surface area contributed by atoms with Crippen LogP contribution in [0.2, 0.25) is 0 Å². The van der Waals surface area contributed by atoms with Crippen molar-refractivity contribution >= 4 is 45.2 Å². The summed E-state index contributed by atoms with van der Waals surface area (Å²) in [7, 11) is 2.33. The molecule has 0 aliphatic heterocycles. The van der Waals surface area contributed by atoms with Crippen LogP contribution in [-0.4, -0.2) is 56.9 Å². The maximum absolute atomic E-state index is 11.7. The molecule has 0 radical (unpaired) electrons. The number of rotatable bonds is 5. The number of aromatic nitrogens is 4. The number of aryl methyl sites for hydroxylation is 1. The van der Waals surface area contributed by atoms with Crippen molar-refractivity contribution in [3.05, 3.63) is 58.3 Å². The molecule has 4 aromatic rings. The zero-order valence-corrected chi connectivity index (χ0v) is 18.9. The van der Waals surface area contributed by atoms with Crippen LogP contribution >= 0.6 is 0 Å². The lowest BCUT2D eigenvalue weighted by atomic mass is 10.1. The van der Waals surface area contributed by atoms with Crippen molar-refractivity contribution in [3.63, 3.8) is 0 Å². The van der Waals surface area contributed by atoms with Crippen LogP contribution in [-0.2, 0) is 16.6 Å². The van der Waals surface area contributed by atoms with Gasteiger partial charge in [-0.15, -0.1) is 0 Å². The Balaban J connectivity index is 0.000000223. The molecule has 0 saturated carbocycles. The lowest BCUT2D eigenvalue weighted by Gasteiger charge is -2.03. The second kappa shape index (κ2) is 10.9. The van der Waals surface area contributed by atoms with E-state index in [1.54, 1.807) is 37.2 Å². The molecule has 0 atom stereocenters. The number of carbonyl (C=O) groups is 4. The SMILES string of the molecule is CC(=O)C(=O)c1c[nH]c2c(=O)cc[nH]c12.COc1ccnc2c(C(=O)C(C)=O)cn(C)c12.[2H]CF. The van der Waals surface area contributed by atoms with Gasteiger partial charge in [-0.3, -0.25) is 33.3 Å². The van der Waals surface area contributed by atoms with Gasteiger partial charge in [0.25, 0.3) is 0 Å². The van der Waals surface area contributed by atoms with Gasteiger partial charge in [0.2, 0.25) is 17.0 Å². The van der Waals surface area contributed by atoms with E-state index in [0.29, 0.717) is 33.4 Å². The van der Waals surface area contributed by atoms with Crippen LogP contribution in [0.4, 0.5) is 4.39 Å². The number of methoxy groups -OCH3 is 1. The standard InChI is InChI=1S/C12H12N2O3.C10H8N2O3.CH3F/c1-7(15)12(16)8-6-14(2)11-9(17-3)4-5-13-10(8)11;1-5(13)10(15)6-4-12-9-7(14)2-3-11-8(6)9;1-2/h4-6H,1-3H3;2-4,12H,1H3,(H,11,14);1H3/i;;1D. The normalized spacial score (nSPS) is 10.4. The molecule has 0 amide bonds. The lowest BCUT2D eigenvalue weighted by Crippen LogP contribution is -2.09. The fourth-order valence-corrected chi connectivity index (χ4v) is 3.23. The summed E-state index contributed by atoms with van der Waals surface area (Å²) in [5.41, 5.74) is 2.19. The van der Waals surface area contributed by atoms with Crippen molar-refractivity contribution in [3.8, 4) is 5.75 Å². The van der Waals surface area contributed by atoms with Gasteiger partial charge < -0.3 is 19.3 Å². The molecule has 0 fully saturated rings. The van der Waals surface area contributed by atoms with Crippen molar-refractivity contribution in [1.29, 1.82) is 0 Å². The molecular weight excluding hydrogens is 447 g/mol. The molecule has 10 nitrogen and oxygen atoms in total. The molecule has 2 N–H and O–H groups in total. The minimum absolute atomic E-state index is 0.204. The summed E-state index contributed by atoms with van der Waals surface area (Å²) in [5, 5.41) is 0. The van der Waals surface area contributed by atoms with Crippen molar-refractivity contribution in [2.24, 2.45) is 7.05 Å². The van der Waals surface area contributed by atoms with Crippen molar-refractivity contribution in [2.75, 3.05) is 14.3 Å². The third-order valence-electron chi connectivity index (χ3n) is 4.76. The Labute approximate surface area is 194 Å². The summed E-state index contributed by atoms with van der Waals surface area (Å²) < 4.78 is 22.4. The van der Waals surface area contributed by atoms with Crippen LogP contribution in [0.3, 0.4) is 0 Å². The molecule has 0 spiro atoms. The van der Waals surface area contributed by atoms with Crippen LogP contribution in [0.5, 0.6) is 5.75 Å². The minimum atomic E-state index is -1.00. The predicted octanol–water partition coefficient (Wildman–Crippen LogP) is 2.57. The molecule has 4 rings (SSSR count). The van der Waals surface area contributed by atoms with E-state index < -0.39 is 30.3 Å². The Bertz CT molecular complexity index is 1470. The molecule has 0 unspecified atom stereocenters. The number of nitrogens with zero attached hydrogens (tertiary/aromatic N) is 2. The molecule has 0 aliphatic carbocycles. The largest absolute Gasteiger partial charge is 0.494 e. The molecule has 0 aliphatic rings. The molecule has 0 bridgehead atoms. The van der Waals surface area contributed by atoms with Crippen LogP contribution in [0.15, 0.2) is 41.7 Å². The van der Waals surface area contributed by atoms with Gasteiger partial charge in [0.05, 0.1) is 32.3 Å². The molecule has 11 heteroatoms. The van der Waals surface area contributed by atoms with E-state index in [0.717, 1.165) is 0 Å². The molecule has 4 heterocycles. The maximum atomic E-state index is 11.7. The smallest absolute Gasteiger partial charge is 0.231 e. The van der Waals surface area contributed by atoms with Gasteiger partial charge in [-0.25, -0.2) is 0 Å². The number of aromatic amines is 2. The number of alkyl halides is 1. The van der Waals surface area contributed by atoms with E-state index >= 15 is 0 Å². The third kappa shape index (κ3) is 4.98. The molecule has 178 valence electrons. The zero-order chi connectivity index (χ0) is 26.3. The van der Waals surface area contributed by atoms with E-state index in [1.807, 2.05) is 0 Å².